The molecule has 1 aromatic carbocycles. The lowest BCUT2D eigenvalue weighted by molar-refractivity contribution is 0.179. The normalized spacial score (nSPS) is 12.8. The lowest BCUT2D eigenvalue weighted by Gasteiger charge is -2.16. The van der Waals surface area contributed by atoms with E-state index in [-0.39, 0.29) is 30.0 Å². The van der Waals surface area contributed by atoms with E-state index in [0.29, 0.717) is 12.6 Å². The van der Waals surface area contributed by atoms with Crippen LogP contribution in [0.25, 0.3) is 0 Å². The van der Waals surface area contributed by atoms with Gasteiger partial charge < -0.3 is 20.7 Å². The number of methoxy groups -OCH3 is 1. The second kappa shape index (κ2) is 12.7. The van der Waals surface area contributed by atoms with Crippen molar-refractivity contribution in [2.75, 3.05) is 33.9 Å². The second-order valence-electron chi connectivity index (χ2n) is 5.34. The molecule has 5 nitrogen and oxygen atoms in total. The van der Waals surface area contributed by atoms with Crippen LogP contribution >= 0.6 is 24.0 Å². The van der Waals surface area contributed by atoms with Crippen LogP contribution < -0.4 is 11.1 Å². The molecule has 3 N–H and O–H groups in total. The van der Waals surface area contributed by atoms with Crippen LogP contribution in [0.4, 0.5) is 0 Å². The Hall–Kier alpha value is -0.860. The molecule has 0 heterocycles. The fourth-order valence-corrected chi connectivity index (χ4v) is 2.10. The monoisotopic (exact) mass is 420 g/mol. The van der Waals surface area contributed by atoms with E-state index in [4.69, 9.17) is 10.5 Å². The minimum atomic E-state index is 0. The predicted octanol–water partition coefficient (Wildman–Crippen LogP) is 2.07. The quantitative estimate of drug-likeness (QED) is 0.278. The Kier molecular flexibility index (Phi) is 12.2. The van der Waals surface area contributed by atoms with E-state index in [1.165, 1.54) is 5.56 Å². The second-order valence-corrected chi connectivity index (χ2v) is 5.34. The summed E-state index contributed by atoms with van der Waals surface area (Å²) < 4.78 is 5.04. The number of hydrogen-bond donors (Lipinski definition) is 2. The van der Waals surface area contributed by atoms with Gasteiger partial charge in [-0.1, -0.05) is 30.3 Å². The molecule has 0 fully saturated rings. The Labute approximate surface area is 151 Å². The number of rotatable bonds is 9. The van der Waals surface area contributed by atoms with Crippen molar-refractivity contribution in [2.24, 2.45) is 10.7 Å². The maximum Gasteiger partial charge on any atom is 0.188 e. The molecular weight excluding hydrogens is 391 g/mol. The largest absolute Gasteiger partial charge is 0.383 e. The third kappa shape index (κ3) is 9.97. The number of hydrogen-bond acceptors (Lipinski definition) is 3. The summed E-state index contributed by atoms with van der Waals surface area (Å²) >= 11 is 0. The number of aliphatic imine (C=N–C) groups is 1. The van der Waals surface area contributed by atoms with Crippen molar-refractivity contribution in [3.8, 4) is 0 Å². The molecule has 22 heavy (non-hydrogen) atoms. The van der Waals surface area contributed by atoms with Crippen LogP contribution in [0.1, 0.15) is 18.9 Å². The van der Waals surface area contributed by atoms with Gasteiger partial charge in [-0.3, -0.25) is 4.99 Å². The van der Waals surface area contributed by atoms with Crippen LogP contribution in [0.2, 0.25) is 0 Å². The van der Waals surface area contributed by atoms with E-state index < -0.39 is 0 Å². The van der Waals surface area contributed by atoms with Crippen molar-refractivity contribution in [3.63, 3.8) is 0 Å². The van der Waals surface area contributed by atoms with Crippen LogP contribution in [-0.4, -0.2) is 50.8 Å². The number of halogens is 1. The van der Waals surface area contributed by atoms with E-state index in [0.717, 1.165) is 26.1 Å². The van der Waals surface area contributed by atoms with Gasteiger partial charge in [-0.2, -0.15) is 0 Å². The number of ether oxygens (including phenoxy) is 1. The van der Waals surface area contributed by atoms with Gasteiger partial charge in [-0.25, -0.2) is 0 Å². The third-order valence-corrected chi connectivity index (χ3v) is 3.09. The molecule has 1 atom stereocenters. The van der Waals surface area contributed by atoms with Crippen molar-refractivity contribution >= 4 is 29.9 Å². The van der Waals surface area contributed by atoms with Gasteiger partial charge in [0.05, 0.1) is 6.61 Å². The molecule has 0 spiro atoms. The molecule has 126 valence electrons. The first-order valence-corrected chi connectivity index (χ1v) is 7.39. The van der Waals surface area contributed by atoms with Crippen LogP contribution in [0.3, 0.4) is 0 Å². The molecule has 0 aliphatic rings. The first-order chi connectivity index (χ1) is 10.1. The van der Waals surface area contributed by atoms with Crippen molar-refractivity contribution < 1.29 is 4.74 Å². The van der Waals surface area contributed by atoms with Crippen LogP contribution in [-0.2, 0) is 11.3 Å². The van der Waals surface area contributed by atoms with E-state index in [1.807, 2.05) is 13.0 Å². The lowest BCUT2D eigenvalue weighted by Crippen LogP contribution is -2.40. The summed E-state index contributed by atoms with van der Waals surface area (Å²) in [6, 6.07) is 10.7. The molecule has 1 rings (SSSR count). The highest BCUT2D eigenvalue weighted by atomic mass is 127. The van der Waals surface area contributed by atoms with Crippen molar-refractivity contribution in [1.82, 2.24) is 10.2 Å². The Balaban J connectivity index is 0.00000441. The Morgan fingerprint density at radius 3 is 2.68 bits per heavy atom. The van der Waals surface area contributed by atoms with Crippen LogP contribution in [0.5, 0.6) is 0 Å². The molecule has 1 aromatic rings. The summed E-state index contributed by atoms with van der Waals surface area (Å²) in [7, 11) is 3.80. The summed E-state index contributed by atoms with van der Waals surface area (Å²) in [4.78, 5) is 6.62. The molecule has 0 saturated carbocycles. The molecule has 0 amide bonds. The van der Waals surface area contributed by atoms with E-state index >= 15 is 0 Å². The first-order valence-electron chi connectivity index (χ1n) is 7.39. The fraction of sp³-hybridized carbons (Fsp3) is 0.562. The Bertz CT molecular complexity index is 414. The molecule has 0 radical (unpaired) electrons. The van der Waals surface area contributed by atoms with Gasteiger partial charge >= 0.3 is 0 Å². The molecule has 1 unspecified atom stereocenters. The smallest absolute Gasteiger partial charge is 0.188 e. The minimum Gasteiger partial charge on any atom is -0.383 e. The molecule has 0 bridgehead atoms. The first kappa shape index (κ1) is 21.1. The zero-order valence-electron chi connectivity index (χ0n) is 13.8. The third-order valence-electron chi connectivity index (χ3n) is 3.09. The van der Waals surface area contributed by atoms with Gasteiger partial charge in [-0.15, -0.1) is 24.0 Å². The van der Waals surface area contributed by atoms with Gasteiger partial charge in [0.15, 0.2) is 5.96 Å². The molecule has 0 aliphatic heterocycles. The standard InChI is InChI=1S/C16H28N4O.HI/c1-14(13-21-3)19-16(17)18-10-7-11-20(2)12-15-8-5-4-6-9-15;/h4-6,8-9,14H,7,10-13H2,1-3H3,(H3,17,18,19);1H. The number of nitrogens with two attached hydrogens (primary N) is 1. The molecule has 6 heteroatoms. The highest BCUT2D eigenvalue weighted by molar-refractivity contribution is 14.0. The molecule has 0 aliphatic carbocycles. The summed E-state index contributed by atoms with van der Waals surface area (Å²) in [6.07, 6.45) is 0.990. The predicted molar refractivity (Wildman–Crippen MR) is 104 cm³/mol. The van der Waals surface area contributed by atoms with Gasteiger partial charge in [0.2, 0.25) is 0 Å². The van der Waals surface area contributed by atoms with E-state index in [1.54, 1.807) is 7.11 Å². The van der Waals surface area contributed by atoms with E-state index in [9.17, 15) is 0 Å². The number of nitrogens with zero attached hydrogens (tertiary/aromatic N) is 2. The Morgan fingerprint density at radius 2 is 2.05 bits per heavy atom. The molecule has 0 aromatic heterocycles. The fourth-order valence-electron chi connectivity index (χ4n) is 2.10. The van der Waals surface area contributed by atoms with Crippen molar-refractivity contribution in [2.45, 2.75) is 25.9 Å². The summed E-state index contributed by atoms with van der Waals surface area (Å²) in [5, 5.41) is 3.10. The van der Waals surface area contributed by atoms with Gasteiger partial charge in [0.25, 0.3) is 0 Å². The maximum absolute atomic E-state index is 5.82. The number of nitrogens with one attached hydrogen (secondary N) is 1. The molecule has 0 saturated heterocycles. The van der Waals surface area contributed by atoms with Crippen molar-refractivity contribution in [3.05, 3.63) is 35.9 Å². The van der Waals surface area contributed by atoms with Crippen molar-refractivity contribution in [1.29, 1.82) is 0 Å². The molecular formula is C16H29IN4O. The average molecular weight is 420 g/mol. The number of benzene rings is 1. The van der Waals surface area contributed by atoms with Crippen LogP contribution in [0.15, 0.2) is 35.3 Å². The zero-order chi connectivity index (χ0) is 15.5. The summed E-state index contributed by atoms with van der Waals surface area (Å²) in [6.45, 7) is 5.33. The maximum atomic E-state index is 5.82. The SMILES string of the molecule is COCC(C)NC(N)=NCCCN(C)Cc1ccccc1.I. The summed E-state index contributed by atoms with van der Waals surface area (Å²) in [5.41, 5.74) is 7.15. The number of guanidine groups is 1. The average Bonchev–Trinajstić information content (AvgIpc) is 2.45. The van der Waals surface area contributed by atoms with Gasteiger partial charge in [0, 0.05) is 26.2 Å². The van der Waals surface area contributed by atoms with E-state index in [2.05, 4.69) is 46.5 Å². The Morgan fingerprint density at radius 1 is 1.36 bits per heavy atom. The van der Waals surface area contributed by atoms with Gasteiger partial charge in [0.1, 0.15) is 0 Å². The lowest BCUT2D eigenvalue weighted by atomic mass is 10.2. The minimum absolute atomic E-state index is 0. The van der Waals surface area contributed by atoms with Crippen LogP contribution in [0, 0.1) is 0 Å². The highest BCUT2D eigenvalue weighted by Gasteiger charge is 2.02. The highest BCUT2D eigenvalue weighted by Crippen LogP contribution is 2.02. The summed E-state index contributed by atoms with van der Waals surface area (Å²) in [5.74, 6) is 0.491. The van der Waals surface area contributed by atoms with Gasteiger partial charge in [-0.05, 0) is 32.5 Å². The topological polar surface area (TPSA) is 62.9 Å². The zero-order valence-corrected chi connectivity index (χ0v) is 16.1.